The van der Waals surface area contributed by atoms with Crippen molar-refractivity contribution >= 4 is 50.9 Å². The normalized spacial score (nSPS) is 14.3. The lowest BCUT2D eigenvalue weighted by Crippen LogP contribution is -2.48. The summed E-state index contributed by atoms with van der Waals surface area (Å²) < 4.78 is 15.3. The predicted octanol–water partition coefficient (Wildman–Crippen LogP) is 5.01. The van der Waals surface area contributed by atoms with Gasteiger partial charge in [0.2, 0.25) is 5.91 Å². The quantitative estimate of drug-likeness (QED) is 0.259. The molecule has 0 radical (unpaired) electrons. The number of fused-ring (bicyclic) bond motifs is 5. The third kappa shape index (κ3) is 4.18. The Morgan fingerprint density at radius 1 is 0.857 bits per heavy atom. The number of anilines is 1. The fourth-order valence-corrected chi connectivity index (χ4v) is 5.60. The molecule has 3 aromatic carbocycles. The van der Waals surface area contributed by atoms with Crippen molar-refractivity contribution < 1.29 is 9.18 Å². The molecule has 0 saturated carbocycles. The van der Waals surface area contributed by atoms with E-state index in [0.717, 1.165) is 51.5 Å². The fraction of sp³-hybridized carbons (Fsp3) is 0.222. The molecular formula is C27H24FN5OS. The van der Waals surface area contributed by atoms with Gasteiger partial charge < -0.3 is 9.80 Å². The van der Waals surface area contributed by atoms with Crippen molar-refractivity contribution in [3.8, 4) is 0 Å². The van der Waals surface area contributed by atoms with E-state index in [-0.39, 0.29) is 11.7 Å². The van der Waals surface area contributed by atoms with Crippen LogP contribution < -0.4 is 4.90 Å². The van der Waals surface area contributed by atoms with Crippen molar-refractivity contribution in [2.75, 3.05) is 36.8 Å². The largest absolute Gasteiger partial charge is 0.368 e. The number of para-hydroxylation sites is 3. The van der Waals surface area contributed by atoms with E-state index in [1.165, 1.54) is 12.1 Å². The highest BCUT2D eigenvalue weighted by molar-refractivity contribution is 7.99. The van der Waals surface area contributed by atoms with Crippen LogP contribution in [-0.2, 0) is 4.79 Å². The fourth-order valence-electron chi connectivity index (χ4n) is 4.66. The van der Waals surface area contributed by atoms with Gasteiger partial charge in [0.25, 0.3) is 0 Å². The molecule has 176 valence electrons. The van der Waals surface area contributed by atoms with Crippen LogP contribution in [0, 0.1) is 5.82 Å². The maximum absolute atomic E-state index is 13.2. The Bertz CT molecular complexity index is 1530. The van der Waals surface area contributed by atoms with E-state index >= 15 is 0 Å². The summed E-state index contributed by atoms with van der Waals surface area (Å²) in [4.78, 5) is 26.8. The average molecular weight is 486 g/mol. The number of aromatic nitrogens is 3. The van der Waals surface area contributed by atoms with Gasteiger partial charge in [0, 0.05) is 49.4 Å². The lowest BCUT2D eigenvalue weighted by Gasteiger charge is -2.36. The van der Waals surface area contributed by atoms with Crippen LogP contribution in [0.15, 0.2) is 78.0 Å². The molecule has 6 nitrogen and oxygen atoms in total. The first kappa shape index (κ1) is 21.9. The molecule has 5 aromatic rings. The van der Waals surface area contributed by atoms with Crippen LogP contribution in [0.4, 0.5) is 10.1 Å². The van der Waals surface area contributed by atoms with Crippen molar-refractivity contribution in [1.82, 2.24) is 19.3 Å². The molecule has 0 atom stereocenters. The molecule has 0 aliphatic carbocycles. The molecule has 8 heteroatoms. The Morgan fingerprint density at radius 3 is 2.37 bits per heavy atom. The Kier molecular flexibility index (Phi) is 5.74. The van der Waals surface area contributed by atoms with Gasteiger partial charge in [-0.3, -0.25) is 9.20 Å². The first-order valence-corrected chi connectivity index (χ1v) is 12.7. The number of piperazine rings is 1. The van der Waals surface area contributed by atoms with Crippen molar-refractivity contribution in [2.45, 2.75) is 11.6 Å². The summed E-state index contributed by atoms with van der Waals surface area (Å²) in [5, 5.41) is 1.87. The van der Waals surface area contributed by atoms with Gasteiger partial charge in [-0.25, -0.2) is 14.4 Å². The number of amides is 1. The number of carbonyl (C=O) groups excluding carboxylic acids is 1. The molecule has 0 unspecified atom stereocenters. The second-order valence-electron chi connectivity index (χ2n) is 8.61. The zero-order valence-electron chi connectivity index (χ0n) is 19.1. The summed E-state index contributed by atoms with van der Waals surface area (Å²) in [6.45, 7) is 2.84. The maximum atomic E-state index is 13.2. The number of halogens is 1. The Balaban J connectivity index is 1.15. The smallest absolute Gasteiger partial charge is 0.223 e. The molecule has 1 aliphatic heterocycles. The third-order valence-electron chi connectivity index (χ3n) is 6.48. The van der Waals surface area contributed by atoms with E-state index in [4.69, 9.17) is 9.97 Å². The molecule has 35 heavy (non-hydrogen) atoms. The molecular weight excluding hydrogens is 461 g/mol. The number of rotatable bonds is 5. The number of thioether (sulfide) groups is 1. The van der Waals surface area contributed by atoms with Crippen LogP contribution in [0.3, 0.4) is 0 Å². The van der Waals surface area contributed by atoms with E-state index in [2.05, 4.69) is 15.4 Å². The standard InChI is InChI=1S/C27H24FN5OS/c28-19-9-11-20(12-10-19)31-14-16-32(17-15-31)25(34)13-18-35-27-30-22-6-2-1-5-21(22)26-29-23-7-3-4-8-24(23)33(26)27/h1-12H,13-18H2. The van der Waals surface area contributed by atoms with E-state index in [9.17, 15) is 9.18 Å². The SMILES string of the molecule is O=C(CCSc1nc2ccccc2c2nc3ccccc3n12)N1CCN(c2ccc(F)cc2)CC1. The summed E-state index contributed by atoms with van der Waals surface area (Å²) in [6.07, 6.45) is 0.448. The molecule has 1 saturated heterocycles. The molecule has 0 bridgehead atoms. The van der Waals surface area contributed by atoms with Gasteiger partial charge in [-0.2, -0.15) is 0 Å². The number of benzene rings is 3. The van der Waals surface area contributed by atoms with Crippen molar-refractivity contribution in [2.24, 2.45) is 0 Å². The lowest BCUT2D eigenvalue weighted by atomic mass is 10.2. The lowest BCUT2D eigenvalue weighted by molar-refractivity contribution is -0.131. The number of carbonyl (C=O) groups is 1. The summed E-state index contributed by atoms with van der Waals surface area (Å²) in [5.41, 5.74) is 4.74. The number of hydrogen-bond acceptors (Lipinski definition) is 5. The van der Waals surface area contributed by atoms with Gasteiger partial charge in [0.1, 0.15) is 11.5 Å². The highest BCUT2D eigenvalue weighted by Gasteiger charge is 2.21. The third-order valence-corrected chi connectivity index (χ3v) is 7.42. The summed E-state index contributed by atoms with van der Waals surface area (Å²) in [6, 6.07) is 22.7. The van der Waals surface area contributed by atoms with Gasteiger partial charge >= 0.3 is 0 Å². The molecule has 1 fully saturated rings. The minimum Gasteiger partial charge on any atom is -0.368 e. The Hall–Kier alpha value is -3.65. The number of nitrogens with zero attached hydrogens (tertiary/aromatic N) is 5. The van der Waals surface area contributed by atoms with Crippen LogP contribution >= 0.6 is 11.8 Å². The minimum absolute atomic E-state index is 0.156. The van der Waals surface area contributed by atoms with Crippen molar-refractivity contribution in [1.29, 1.82) is 0 Å². The predicted molar refractivity (Wildman–Crippen MR) is 139 cm³/mol. The molecule has 1 aliphatic rings. The van der Waals surface area contributed by atoms with Crippen LogP contribution in [-0.4, -0.2) is 57.1 Å². The van der Waals surface area contributed by atoms with Crippen LogP contribution in [0.2, 0.25) is 0 Å². The van der Waals surface area contributed by atoms with Gasteiger partial charge in [0.15, 0.2) is 5.16 Å². The topological polar surface area (TPSA) is 53.7 Å². The molecule has 3 heterocycles. The first-order chi connectivity index (χ1) is 17.2. The zero-order valence-corrected chi connectivity index (χ0v) is 19.9. The molecule has 2 aromatic heterocycles. The van der Waals surface area contributed by atoms with Gasteiger partial charge in [-0.15, -0.1) is 0 Å². The minimum atomic E-state index is -0.234. The van der Waals surface area contributed by atoms with Crippen molar-refractivity contribution in [3.63, 3.8) is 0 Å². The van der Waals surface area contributed by atoms with Gasteiger partial charge in [-0.05, 0) is 48.5 Å². The Labute approximate surface area is 206 Å². The second-order valence-corrected chi connectivity index (χ2v) is 9.68. The molecule has 0 N–H and O–H groups in total. The summed E-state index contributed by atoms with van der Waals surface area (Å²) >= 11 is 1.59. The molecule has 6 rings (SSSR count). The van der Waals surface area contributed by atoms with Crippen LogP contribution in [0.5, 0.6) is 0 Å². The van der Waals surface area contributed by atoms with Crippen LogP contribution in [0.1, 0.15) is 6.42 Å². The van der Waals surface area contributed by atoms with Gasteiger partial charge in [0.05, 0.1) is 16.6 Å². The van der Waals surface area contributed by atoms with Crippen LogP contribution in [0.25, 0.3) is 27.6 Å². The average Bonchev–Trinajstić information content (AvgIpc) is 3.29. The van der Waals surface area contributed by atoms with Crippen molar-refractivity contribution in [3.05, 3.63) is 78.6 Å². The van der Waals surface area contributed by atoms with E-state index < -0.39 is 0 Å². The Morgan fingerprint density at radius 2 is 1.57 bits per heavy atom. The summed E-state index contributed by atoms with van der Waals surface area (Å²) in [5.74, 6) is 0.565. The molecule has 1 amide bonds. The number of imidazole rings is 1. The molecule has 0 spiro atoms. The second kappa shape index (κ2) is 9.19. The van der Waals surface area contributed by atoms with Gasteiger partial charge in [-0.1, -0.05) is 36.0 Å². The monoisotopic (exact) mass is 485 g/mol. The number of hydrogen-bond donors (Lipinski definition) is 0. The van der Waals surface area contributed by atoms with E-state index in [0.29, 0.717) is 25.3 Å². The first-order valence-electron chi connectivity index (χ1n) is 11.7. The maximum Gasteiger partial charge on any atom is 0.223 e. The van der Waals surface area contributed by atoms with E-state index in [1.54, 1.807) is 23.9 Å². The zero-order chi connectivity index (χ0) is 23.8. The summed E-state index contributed by atoms with van der Waals surface area (Å²) in [7, 11) is 0. The van der Waals surface area contributed by atoms with E-state index in [1.807, 2.05) is 47.4 Å². The highest BCUT2D eigenvalue weighted by Crippen LogP contribution is 2.29. The highest BCUT2D eigenvalue weighted by atomic mass is 32.2.